The Kier molecular flexibility index (Phi) is 6.05. The van der Waals surface area contributed by atoms with Crippen molar-refractivity contribution < 1.29 is 18.0 Å². The van der Waals surface area contributed by atoms with Crippen LogP contribution in [0.25, 0.3) is 0 Å². The van der Waals surface area contributed by atoms with Crippen molar-refractivity contribution >= 4 is 11.6 Å². The van der Waals surface area contributed by atoms with Gasteiger partial charge in [-0.15, -0.1) is 6.58 Å². The maximum Gasteiger partial charge on any atom is 0.416 e. The summed E-state index contributed by atoms with van der Waals surface area (Å²) in [6.45, 7) is 6.89. The Labute approximate surface area is 180 Å². The lowest BCUT2D eigenvalue weighted by Gasteiger charge is -2.49. The van der Waals surface area contributed by atoms with E-state index in [1.807, 2.05) is 18.2 Å². The van der Waals surface area contributed by atoms with Crippen LogP contribution in [0.5, 0.6) is 0 Å². The maximum absolute atomic E-state index is 13.3. The minimum atomic E-state index is -4.40. The number of hydrogen-bond donors (Lipinski definition) is 1. The number of nitrogens with zero attached hydrogens (tertiary/aromatic N) is 2. The van der Waals surface area contributed by atoms with Crippen molar-refractivity contribution in [2.45, 2.75) is 25.2 Å². The Bertz CT molecular complexity index is 945. The van der Waals surface area contributed by atoms with E-state index in [0.717, 1.165) is 24.8 Å². The van der Waals surface area contributed by atoms with Crippen molar-refractivity contribution in [1.82, 2.24) is 10.2 Å². The summed E-state index contributed by atoms with van der Waals surface area (Å²) in [4.78, 5) is 17.4. The number of alkyl halides is 3. The minimum Gasteiger partial charge on any atom is -0.365 e. The maximum atomic E-state index is 13.3. The first-order valence-corrected chi connectivity index (χ1v) is 10.5. The molecule has 0 aliphatic carbocycles. The van der Waals surface area contributed by atoms with Crippen LogP contribution >= 0.6 is 0 Å². The van der Waals surface area contributed by atoms with E-state index in [1.54, 1.807) is 12.1 Å². The summed E-state index contributed by atoms with van der Waals surface area (Å²) in [6, 6.07) is 14.0. The van der Waals surface area contributed by atoms with Gasteiger partial charge in [-0.05, 0) is 35.7 Å². The molecular formula is C24H26F3N3O. The Morgan fingerprint density at radius 3 is 2.65 bits per heavy atom. The van der Waals surface area contributed by atoms with E-state index >= 15 is 0 Å². The molecule has 7 heteroatoms. The number of amides is 1. The van der Waals surface area contributed by atoms with Gasteiger partial charge in [-0.25, -0.2) is 0 Å². The fourth-order valence-corrected chi connectivity index (χ4v) is 4.65. The Hall–Kier alpha value is -2.80. The van der Waals surface area contributed by atoms with Gasteiger partial charge in [-0.3, -0.25) is 9.69 Å². The fraction of sp³-hybridized carbons (Fsp3) is 0.375. The van der Waals surface area contributed by atoms with Crippen LogP contribution in [0.1, 0.15) is 16.7 Å². The standard InChI is InChI=1S/C24H26F3N3O/c1-2-10-28-23(31)20-14-18-13-19(24(25,26)27)8-9-21(18)30-12-11-29(16-22(20)30)15-17-6-4-3-5-7-17/h2-9,13,20,22H,1,10-12,14-16H2,(H,28,31)/t20-,22-/m0/s1. The molecule has 0 saturated carbocycles. The van der Waals surface area contributed by atoms with E-state index < -0.39 is 17.7 Å². The molecule has 2 aromatic rings. The van der Waals surface area contributed by atoms with Crippen molar-refractivity contribution in [2.24, 2.45) is 5.92 Å². The number of anilines is 1. The highest BCUT2D eigenvalue weighted by atomic mass is 19.4. The van der Waals surface area contributed by atoms with Crippen LogP contribution in [-0.2, 0) is 23.9 Å². The molecule has 1 saturated heterocycles. The van der Waals surface area contributed by atoms with Gasteiger partial charge in [0.25, 0.3) is 0 Å². The van der Waals surface area contributed by atoms with Crippen molar-refractivity contribution in [2.75, 3.05) is 31.1 Å². The van der Waals surface area contributed by atoms with Gasteiger partial charge in [0.15, 0.2) is 0 Å². The summed E-state index contributed by atoms with van der Waals surface area (Å²) >= 11 is 0. The molecule has 0 bridgehead atoms. The predicted molar refractivity (Wildman–Crippen MR) is 115 cm³/mol. The number of carbonyl (C=O) groups excluding carboxylic acids is 1. The molecule has 4 nitrogen and oxygen atoms in total. The van der Waals surface area contributed by atoms with Gasteiger partial charge in [0.2, 0.25) is 5.91 Å². The summed E-state index contributed by atoms with van der Waals surface area (Å²) in [5.41, 5.74) is 1.93. The van der Waals surface area contributed by atoms with Gasteiger partial charge in [0, 0.05) is 38.4 Å². The Morgan fingerprint density at radius 2 is 1.94 bits per heavy atom. The first kappa shape index (κ1) is 21.4. The zero-order valence-electron chi connectivity index (χ0n) is 17.2. The number of carbonyl (C=O) groups is 1. The number of nitrogens with one attached hydrogen (secondary N) is 1. The smallest absolute Gasteiger partial charge is 0.365 e. The van der Waals surface area contributed by atoms with Crippen LogP contribution in [0.4, 0.5) is 18.9 Å². The SMILES string of the molecule is C=CCNC(=O)[C@H]1Cc2cc(C(F)(F)F)ccc2N2CCN(Cc3ccccc3)C[C@@H]12. The van der Waals surface area contributed by atoms with Gasteiger partial charge >= 0.3 is 6.18 Å². The molecule has 0 unspecified atom stereocenters. The molecule has 2 heterocycles. The van der Waals surface area contributed by atoms with Crippen molar-refractivity contribution in [3.8, 4) is 0 Å². The third kappa shape index (κ3) is 4.61. The zero-order valence-corrected chi connectivity index (χ0v) is 17.2. The van der Waals surface area contributed by atoms with Crippen LogP contribution < -0.4 is 10.2 Å². The summed E-state index contributed by atoms with van der Waals surface area (Å²) < 4.78 is 39.8. The second kappa shape index (κ2) is 8.75. The number of piperazine rings is 1. The Morgan fingerprint density at radius 1 is 1.16 bits per heavy atom. The van der Waals surface area contributed by atoms with E-state index in [0.29, 0.717) is 31.6 Å². The van der Waals surface area contributed by atoms with Gasteiger partial charge in [0.05, 0.1) is 17.5 Å². The van der Waals surface area contributed by atoms with E-state index in [1.165, 1.54) is 11.6 Å². The third-order valence-electron chi connectivity index (χ3n) is 6.13. The number of hydrogen-bond acceptors (Lipinski definition) is 3. The molecule has 2 aromatic carbocycles. The fourth-order valence-electron chi connectivity index (χ4n) is 4.65. The highest BCUT2D eigenvalue weighted by molar-refractivity contribution is 5.82. The Balaban J connectivity index is 1.62. The minimum absolute atomic E-state index is 0.0912. The second-order valence-corrected chi connectivity index (χ2v) is 8.17. The quantitative estimate of drug-likeness (QED) is 0.733. The number of halogens is 3. The number of fused-ring (bicyclic) bond motifs is 3. The average Bonchev–Trinajstić information content (AvgIpc) is 2.76. The predicted octanol–water partition coefficient (Wildman–Crippen LogP) is 3.87. The topological polar surface area (TPSA) is 35.6 Å². The van der Waals surface area contributed by atoms with Crippen molar-refractivity contribution in [3.63, 3.8) is 0 Å². The van der Waals surface area contributed by atoms with Crippen molar-refractivity contribution in [3.05, 3.63) is 77.9 Å². The molecule has 1 N–H and O–H groups in total. The van der Waals surface area contributed by atoms with Crippen LogP contribution in [0, 0.1) is 5.92 Å². The monoisotopic (exact) mass is 429 g/mol. The summed E-state index contributed by atoms with van der Waals surface area (Å²) in [5.74, 6) is -0.561. The van der Waals surface area contributed by atoms with Gasteiger partial charge in [-0.1, -0.05) is 36.4 Å². The van der Waals surface area contributed by atoms with Crippen LogP contribution in [0.15, 0.2) is 61.2 Å². The van der Waals surface area contributed by atoms with Gasteiger partial charge in [0.1, 0.15) is 0 Å². The van der Waals surface area contributed by atoms with E-state index in [2.05, 4.69) is 33.8 Å². The number of benzene rings is 2. The highest BCUT2D eigenvalue weighted by Crippen LogP contribution is 2.39. The molecule has 31 heavy (non-hydrogen) atoms. The molecule has 0 spiro atoms. The van der Waals surface area contributed by atoms with E-state index in [9.17, 15) is 18.0 Å². The molecular weight excluding hydrogens is 403 g/mol. The van der Waals surface area contributed by atoms with Crippen LogP contribution in [-0.4, -0.2) is 43.0 Å². The molecule has 4 rings (SSSR count). The third-order valence-corrected chi connectivity index (χ3v) is 6.13. The first-order valence-electron chi connectivity index (χ1n) is 10.5. The lowest BCUT2D eigenvalue weighted by Crippen LogP contribution is -2.60. The first-order chi connectivity index (χ1) is 14.9. The van der Waals surface area contributed by atoms with Crippen LogP contribution in [0.3, 0.4) is 0 Å². The number of rotatable bonds is 5. The molecule has 2 aliphatic rings. The molecule has 1 fully saturated rings. The molecule has 1 amide bonds. The summed E-state index contributed by atoms with van der Waals surface area (Å²) in [7, 11) is 0. The van der Waals surface area contributed by atoms with Crippen LogP contribution in [0.2, 0.25) is 0 Å². The summed E-state index contributed by atoms with van der Waals surface area (Å²) in [5, 5.41) is 2.85. The van der Waals surface area contributed by atoms with E-state index in [-0.39, 0.29) is 11.9 Å². The van der Waals surface area contributed by atoms with Gasteiger partial charge in [-0.2, -0.15) is 13.2 Å². The largest absolute Gasteiger partial charge is 0.416 e. The lowest BCUT2D eigenvalue weighted by atomic mass is 9.82. The normalized spacial score (nSPS) is 21.2. The molecule has 0 aromatic heterocycles. The van der Waals surface area contributed by atoms with Crippen molar-refractivity contribution in [1.29, 1.82) is 0 Å². The lowest BCUT2D eigenvalue weighted by molar-refractivity contribution is -0.137. The second-order valence-electron chi connectivity index (χ2n) is 8.17. The highest BCUT2D eigenvalue weighted by Gasteiger charge is 2.42. The zero-order chi connectivity index (χ0) is 22.0. The molecule has 2 atom stereocenters. The van der Waals surface area contributed by atoms with E-state index in [4.69, 9.17) is 0 Å². The molecule has 0 radical (unpaired) electrons. The van der Waals surface area contributed by atoms with Gasteiger partial charge < -0.3 is 10.2 Å². The summed E-state index contributed by atoms with van der Waals surface area (Å²) in [6.07, 6.45) is -2.50. The molecule has 164 valence electrons. The average molecular weight is 429 g/mol. The molecule has 2 aliphatic heterocycles.